The first-order valence-electron chi connectivity index (χ1n) is 8.88. The Morgan fingerprint density at radius 3 is 2.71 bits per heavy atom. The van der Waals surface area contributed by atoms with E-state index in [9.17, 15) is 4.79 Å². The number of aryl methyl sites for hydroxylation is 2. The van der Waals surface area contributed by atoms with Crippen LogP contribution in [0.1, 0.15) is 21.9 Å². The van der Waals surface area contributed by atoms with Gasteiger partial charge in [-0.1, -0.05) is 30.3 Å². The molecule has 3 aromatic heterocycles. The lowest BCUT2D eigenvalue weighted by molar-refractivity contribution is 0.0945. The molecular weight excluding hydrogens is 358 g/mol. The Kier molecular flexibility index (Phi) is 4.76. The number of hydrogen-bond donors (Lipinski definition) is 1. The Labute approximate surface area is 161 Å². The number of ether oxygens (including phenoxy) is 1. The van der Waals surface area contributed by atoms with Crippen molar-refractivity contribution in [3.05, 3.63) is 65.6 Å². The van der Waals surface area contributed by atoms with Crippen molar-refractivity contribution in [2.45, 2.75) is 13.8 Å². The van der Waals surface area contributed by atoms with E-state index < -0.39 is 0 Å². The maximum Gasteiger partial charge on any atom is 0.254 e. The van der Waals surface area contributed by atoms with Crippen LogP contribution >= 0.6 is 0 Å². The summed E-state index contributed by atoms with van der Waals surface area (Å²) in [4.78, 5) is 12.2. The van der Waals surface area contributed by atoms with Gasteiger partial charge in [0.1, 0.15) is 18.1 Å². The average Bonchev–Trinajstić information content (AvgIpc) is 3.28. The molecule has 0 aliphatic rings. The number of fused-ring (bicyclic) bond motifs is 1. The number of furan rings is 1. The van der Waals surface area contributed by atoms with Gasteiger partial charge in [0.2, 0.25) is 5.88 Å². The van der Waals surface area contributed by atoms with Crippen LogP contribution in [0.2, 0.25) is 0 Å². The Morgan fingerprint density at radius 2 is 1.96 bits per heavy atom. The van der Waals surface area contributed by atoms with Crippen LogP contribution in [-0.4, -0.2) is 38.9 Å². The first-order chi connectivity index (χ1) is 13.6. The fourth-order valence-electron chi connectivity index (χ4n) is 2.89. The van der Waals surface area contributed by atoms with E-state index in [4.69, 9.17) is 9.15 Å². The molecule has 0 spiro atoms. The summed E-state index contributed by atoms with van der Waals surface area (Å²) in [5.74, 6) is 2.18. The number of hydrogen-bond acceptors (Lipinski definition) is 6. The molecule has 0 radical (unpaired) electrons. The first-order valence-corrected chi connectivity index (χ1v) is 8.88. The molecule has 28 heavy (non-hydrogen) atoms. The highest BCUT2D eigenvalue weighted by molar-refractivity contribution is 5.95. The van der Waals surface area contributed by atoms with Crippen LogP contribution in [-0.2, 0) is 0 Å². The van der Waals surface area contributed by atoms with Crippen LogP contribution in [0.15, 0.2) is 52.9 Å². The monoisotopic (exact) mass is 377 g/mol. The van der Waals surface area contributed by atoms with E-state index in [0.717, 1.165) is 5.56 Å². The highest BCUT2D eigenvalue weighted by atomic mass is 16.5. The zero-order valence-corrected chi connectivity index (χ0v) is 15.5. The number of benzene rings is 1. The molecule has 0 aliphatic carbocycles. The topological polar surface area (TPSA) is 94.5 Å². The van der Waals surface area contributed by atoms with Gasteiger partial charge < -0.3 is 14.5 Å². The van der Waals surface area contributed by atoms with Crippen molar-refractivity contribution in [2.75, 3.05) is 13.2 Å². The SMILES string of the molecule is Cc1cc(C(=O)NCCOc2ccc3nnc(-c4ccccc4)n3n2)c(C)o1. The summed E-state index contributed by atoms with van der Waals surface area (Å²) >= 11 is 0. The van der Waals surface area contributed by atoms with Gasteiger partial charge in [-0.2, -0.15) is 4.52 Å². The zero-order chi connectivity index (χ0) is 19.5. The van der Waals surface area contributed by atoms with Crippen LogP contribution in [0.4, 0.5) is 0 Å². The standard InChI is InChI=1S/C20H19N5O3/c1-13-12-16(14(2)28-13)20(26)21-10-11-27-18-9-8-17-22-23-19(25(17)24-18)15-6-4-3-5-7-15/h3-9,12H,10-11H2,1-2H3,(H,21,26). The molecular formula is C20H19N5O3. The molecule has 8 heteroatoms. The minimum absolute atomic E-state index is 0.188. The maximum absolute atomic E-state index is 12.2. The van der Waals surface area contributed by atoms with E-state index in [1.54, 1.807) is 29.6 Å². The summed E-state index contributed by atoms with van der Waals surface area (Å²) in [6.07, 6.45) is 0. The summed E-state index contributed by atoms with van der Waals surface area (Å²) in [6.45, 7) is 4.20. The lowest BCUT2D eigenvalue weighted by Gasteiger charge is -2.07. The van der Waals surface area contributed by atoms with E-state index in [1.165, 1.54) is 0 Å². The summed E-state index contributed by atoms with van der Waals surface area (Å²) in [6, 6.07) is 14.9. The van der Waals surface area contributed by atoms with E-state index in [2.05, 4.69) is 20.6 Å². The van der Waals surface area contributed by atoms with E-state index >= 15 is 0 Å². The predicted octanol–water partition coefficient (Wildman–Crippen LogP) is 2.81. The van der Waals surface area contributed by atoms with Gasteiger partial charge in [-0.25, -0.2) is 0 Å². The van der Waals surface area contributed by atoms with Gasteiger partial charge in [-0.05, 0) is 26.0 Å². The molecule has 0 saturated heterocycles. The van der Waals surface area contributed by atoms with Gasteiger partial charge in [-0.3, -0.25) is 4.79 Å². The minimum Gasteiger partial charge on any atom is -0.475 e. The van der Waals surface area contributed by atoms with Crippen LogP contribution in [0, 0.1) is 13.8 Å². The highest BCUT2D eigenvalue weighted by Gasteiger charge is 2.13. The van der Waals surface area contributed by atoms with Gasteiger partial charge in [0.05, 0.1) is 12.1 Å². The van der Waals surface area contributed by atoms with Crippen molar-refractivity contribution in [3.8, 4) is 17.3 Å². The third-order valence-electron chi connectivity index (χ3n) is 4.19. The summed E-state index contributed by atoms with van der Waals surface area (Å²) in [5.41, 5.74) is 2.08. The molecule has 1 aromatic carbocycles. The molecule has 0 aliphatic heterocycles. The normalized spacial score (nSPS) is 10.9. The molecule has 8 nitrogen and oxygen atoms in total. The van der Waals surface area contributed by atoms with Crippen LogP contribution in [0.25, 0.3) is 17.0 Å². The second kappa shape index (κ2) is 7.51. The van der Waals surface area contributed by atoms with E-state index in [0.29, 0.717) is 41.0 Å². The molecule has 1 amide bonds. The Bertz CT molecular complexity index is 1120. The van der Waals surface area contributed by atoms with Crippen molar-refractivity contribution in [2.24, 2.45) is 0 Å². The summed E-state index contributed by atoms with van der Waals surface area (Å²) in [5, 5.41) is 15.6. The molecule has 0 saturated carbocycles. The van der Waals surface area contributed by atoms with Crippen molar-refractivity contribution in [1.29, 1.82) is 0 Å². The molecule has 4 aromatic rings. The number of carbonyl (C=O) groups is 1. The number of aromatic nitrogens is 4. The Balaban J connectivity index is 1.40. The number of carbonyl (C=O) groups excluding carboxylic acids is 1. The summed E-state index contributed by atoms with van der Waals surface area (Å²) < 4.78 is 12.7. The molecule has 1 N–H and O–H groups in total. The van der Waals surface area contributed by atoms with Gasteiger partial charge in [-0.15, -0.1) is 15.3 Å². The fraction of sp³-hybridized carbons (Fsp3) is 0.200. The zero-order valence-electron chi connectivity index (χ0n) is 15.5. The minimum atomic E-state index is -0.188. The number of nitrogens with one attached hydrogen (secondary N) is 1. The lowest BCUT2D eigenvalue weighted by atomic mass is 10.2. The third kappa shape index (κ3) is 3.57. The van der Waals surface area contributed by atoms with Crippen molar-refractivity contribution < 1.29 is 13.9 Å². The average molecular weight is 377 g/mol. The molecule has 4 rings (SSSR count). The highest BCUT2D eigenvalue weighted by Crippen LogP contribution is 2.18. The maximum atomic E-state index is 12.2. The van der Waals surface area contributed by atoms with Crippen molar-refractivity contribution >= 4 is 11.6 Å². The number of amides is 1. The number of nitrogens with zero attached hydrogens (tertiary/aromatic N) is 4. The van der Waals surface area contributed by atoms with E-state index in [-0.39, 0.29) is 12.5 Å². The van der Waals surface area contributed by atoms with Crippen molar-refractivity contribution in [1.82, 2.24) is 25.1 Å². The molecule has 0 fully saturated rings. The second-order valence-electron chi connectivity index (χ2n) is 6.26. The van der Waals surface area contributed by atoms with Crippen LogP contribution in [0.5, 0.6) is 5.88 Å². The quantitative estimate of drug-likeness (QED) is 0.519. The molecule has 3 heterocycles. The first kappa shape index (κ1) is 17.7. The predicted molar refractivity (Wildman–Crippen MR) is 102 cm³/mol. The molecule has 0 unspecified atom stereocenters. The van der Waals surface area contributed by atoms with Gasteiger partial charge in [0.15, 0.2) is 11.5 Å². The number of rotatable bonds is 6. The van der Waals surface area contributed by atoms with E-state index in [1.807, 2.05) is 37.3 Å². The molecule has 0 bridgehead atoms. The van der Waals surface area contributed by atoms with Gasteiger partial charge in [0, 0.05) is 11.6 Å². The van der Waals surface area contributed by atoms with Crippen LogP contribution in [0.3, 0.4) is 0 Å². The lowest BCUT2D eigenvalue weighted by Crippen LogP contribution is -2.28. The molecule has 0 atom stereocenters. The molecule has 142 valence electrons. The van der Waals surface area contributed by atoms with Gasteiger partial charge >= 0.3 is 0 Å². The largest absolute Gasteiger partial charge is 0.475 e. The summed E-state index contributed by atoms with van der Waals surface area (Å²) in [7, 11) is 0. The van der Waals surface area contributed by atoms with Crippen LogP contribution < -0.4 is 10.1 Å². The Morgan fingerprint density at radius 1 is 1.14 bits per heavy atom. The van der Waals surface area contributed by atoms with Gasteiger partial charge in [0.25, 0.3) is 5.91 Å². The Hall–Kier alpha value is -3.68. The van der Waals surface area contributed by atoms with Crippen molar-refractivity contribution in [3.63, 3.8) is 0 Å². The smallest absolute Gasteiger partial charge is 0.254 e. The second-order valence-corrected chi connectivity index (χ2v) is 6.26. The third-order valence-corrected chi connectivity index (χ3v) is 4.19. The fourth-order valence-corrected chi connectivity index (χ4v) is 2.89.